The van der Waals surface area contributed by atoms with Crippen LogP contribution in [0.2, 0.25) is 0 Å². The van der Waals surface area contributed by atoms with Gasteiger partial charge in [-0.1, -0.05) is 38.0 Å². The largest absolute Gasteiger partial charge is 0.382 e. The lowest BCUT2D eigenvalue weighted by atomic mass is 9.85. The standard InChI is InChI=1S/C16H25NO/c1-3-18-12-14-9-5-7-11-16(14)17-15-10-6-4-8-13(15)2/h5,7,9,11,13,15,17H,3-4,6,8,10,12H2,1-2H3. The summed E-state index contributed by atoms with van der Waals surface area (Å²) < 4.78 is 5.54. The van der Waals surface area contributed by atoms with Gasteiger partial charge in [-0.2, -0.15) is 0 Å². The van der Waals surface area contributed by atoms with Crippen LogP contribution in [-0.2, 0) is 11.3 Å². The zero-order valence-corrected chi connectivity index (χ0v) is 11.6. The lowest BCUT2D eigenvalue weighted by molar-refractivity contribution is 0.134. The van der Waals surface area contributed by atoms with E-state index in [0.717, 1.165) is 12.5 Å². The summed E-state index contributed by atoms with van der Waals surface area (Å²) in [4.78, 5) is 0. The molecule has 18 heavy (non-hydrogen) atoms. The molecular weight excluding hydrogens is 222 g/mol. The molecule has 2 heteroatoms. The van der Waals surface area contributed by atoms with Crippen molar-refractivity contribution in [1.82, 2.24) is 0 Å². The van der Waals surface area contributed by atoms with Crippen molar-refractivity contribution in [3.8, 4) is 0 Å². The van der Waals surface area contributed by atoms with Crippen molar-refractivity contribution in [2.75, 3.05) is 11.9 Å². The normalized spacial score (nSPS) is 23.9. The molecule has 1 aromatic carbocycles. The zero-order valence-electron chi connectivity index (χ0n) is 11.6. The van der Waals surface area contributed by atoms with Crippen LogP contribution in [0.1, 0.15) is 45.1 Å². The Morgan fingerprint density at radius 1 is 1.22 bits per heavy atom. The number of para-hydroxylation sites is 1. The first-order valence-corrected chi connectivity index (χ1v) is 7.23. The summed E-state index contributed by atoms with van der Waals surface area (Å²) in [6.45, 7) is 5.89. The average Bonchev–Trinajstić information content (AvgIpc) is 2.40. The second-order valence-corrected chi connectivity index (χ2v) is 5.31. The highest BCUT2D eigenvalue weighted by atomic mass is 16.5. The van der Waals surface area contributed by atoms with Crippen molar-refractivity contribution in [1.29, 1.82) is 0 Å². The van der Waals surface area contributed by atoms with Crippen LogP contribution in [0.15, 0.2) is 24.3 Å². The number of anilines is 1. The van der Waals surface area contributed by atoms with Gasteiger partial charge in [-0.05, 0) is 31.7 Å². The van der Waals surface area contributed by atoms with Gasteiger partial charge in [0.15, 0.2) is 0 Å². The predicted octanol–water partition coefficient (Wildman–Crippen LogP) is 4.21. The van der Waals surface area contributed by atoms with Crippen molar-refractivity contribution in [2.24, 2.45) is 5.92 Å². The van der Waals surface area contributed by atoms with E-state index in [-0.39, 0.29) is 0 Å². The average molecular weight is 247 g/mol. The van der Waals surface area contributed by atoms with E-state index in [4.69, 9.17) is 4.74 Å². The molecule has 100 valence electrons. The molecule has 0 radical (unpaired) electrons. The zero-order chi connectivity index (χ0) is 12.8. The SMILES string of the molecule is CCOCc1ccccc1NC1CCCCC1C. The molecule has 1 fully saturated rings. The Kier molecular flexibility index (Phi) is 5.06. The Hall–Kier alpha value is -1.02. The molecule has 1 aliphatic rings. The monoisotopic (exact) mass is 247 g/mol. The first kappa shape index (κ1) is 13.4. The summed E-state index contributed by atoms with van der Waals surface area (Å²) in [5.74, 6) is 0.777. The Bertz CT molecular complexity index is 364. The van der Waals surface area contributed by atoms with Crippen LogP contribution in [0, 0.1) is 5.92 Å². The summed E-state index contributed by atoms with van der Waals surface area (Å²) in [5.41, 5.74) is 2.53. The minimum Gasteiger partial charge on any atom is -0.382 e. The molecule has 2 unspecified atom stereocenters. The number of hydrogen-bond donors (Lipinski definition) is 1. The highest BCUT2D eigenvalue weighted by Gasteiger charge is 2.21. The van der Waals surface area contributed by atoms with E-state index in [0.29, 0.717) is 12.6 Å². The summed E-state index contributed by atoms with van der Waals surface area (Å²) >= 11 is 0. The Morgan fingerprint density at radius 2 is 2.00 bits per heavy atom. The van der Waals surface area contributed by atoms with Crippen molar-refractivity contribution in [3.63, 3.8) is 0 Å². The number of rotatable bonds is 5. The van der Waals surface area contributed by atoms with Crippen LogP contribution < -0.4 is 5.32 Å². The maximum absolute atomic E-state index is 5.54. The fourth-order valence-corrected chi connectivity index (χ4v) is 2.73. The van der Waals surface area contributed by atoms with E-state index in [1.165, 1.54) is 36.9 Å². The van der Waals surface area contributed by atoms with Crippen molar-refractivity contribution in [2.45, 2.75) is 52.2 Å². The Morgan fingerprint density at radius 3 is 2.78 bits per heavy atom. The van der Waals surface area contributed by atoms with Gasteiger partial charge in [0.2, 0.25) is 0 Å². The van der Waals surface area contributed by atoms with Crippen molar-refractivity contribution < 1.29 is 4.74 Å². The quantitative estimate of drug-likeness (QED) is 0.841. The fourth-order valence-electron chi connectivity index (χ4n) is 2.73. The van der Waals surface area contributed by atoms with Crippen LogP contribution in [0.3, 0.4) is 0 Å². The number of nitrogens with one attached hydrogen (secondary N) is 1. The van der Waals surface area contributed by atoms with E-state index in [1.807, 2.05) is 6.92 Å². The fraction of sp³-hybridized carbons (Fsp3) is 0.625. The minimum absolute atomic E-state index is 0.626. The van der Waals surface area contributed by atoms with Gasteiger partial charge in [0.05, 0.1) is 6.61 Å². The van der Waals surface area contributed by atoms with E-state index in [9.17, 15) is 0 Å². The summed E-state index contributed by atoms with van der Waals surface area (Å²) in [6.07, 6.45) is 5.39. The van der Waals surface area contributed by atoms with Gasteiger partial charge >= 0.3 is 0 Å². The van der Waals surface area contributed by atoms with Crippen molar-refractivity contribution in [3.05, 3.63) is 29.8 Å². The summed E-state index contributed by atoms with van der Waals surface area (Å²) in [6, 6.07) is 9.15. The van der Waals surface area contributed by atoms with Gasteiger partial charge in [-0.25, -0.2) is 0 Å². The van der Waals surface area contributed by atoms with E-state index >= 15 is 0 Å². The first-order chi connectivity index (χ1) is 8.81. The maximum Gasteiger partial charge on any atom is 0.0736 e. The molecule has 0 saturated heterocycles. The third-order valence-electron chi connectivity index (χ3n) is 3.93. The van der Waals surface area contributed by atoms with Crippen LogP contribution in [0.25, 0.3) is 0 Å². The molecule has 0 heterocycles. The molecule has 2 rings (SSSR count). The number of hydrogen-bond acceptors (Lipinski definition) is 2. The maximum atomic E-state index is 5.54. The molecule has 1 aliphatic carbocycles. The molecular formula is C16H25NO. The molecule has 0 bridgehead atoms. The molecule has 0 amide bonds. The molecule has 1 saturated carbocycles. The lowest BCUT2D eigenvalue weighted by Gasteiger charge is -2.31. The Labute approximate surface area is 111 Å². The molecule has 2 nitrogen and oxygen atoms in total. The summed E-state index contributed by atoms with van der Waals surface area (Å²) in [7, 11) is 0. The van der Waals surface area contributed by atoms with Crippen molar-refractivity contribution >= 4 is 5.69 Å². The second kappa shape index (κ2) is 6.79. The predicted molar refractivity (Wildman–Crippen MR) is 76.8 cm³/mol. The molecule has 0 aromatic heterocycles. The first-order valence-electron chi connectivity index (χ1n) is 7.23. The van der Waals surface area contributed by atoms with Gasteiger partial charge in [0.1, 0.15) is 0 Å². The van der Waals surface area contributed by atoms with E-state index in [1.54, 1.807) is 0 Å². The molecule has 1 aromatic rings. The highest BCUT2D eigenvalue weighted by molar-refractivity contribution is 5.51. The lowest BCUT2D eigenvalue weighted by Crippen LogP contribution is -2.30. The van der Waals surface area contributed by atoms with Crippen LogP contribution >= 0.6 is 0 Å². The smallest absolute Gasteiger partial charge is 0.0736 e. The second-order valence-electron chi connectivity index (χ2n) is 5.31. The van der Waals surface area contributed by atoms with E-state index < -0.39 is 0 Å². The van der Waals surface area contributed by atoms with Crippen LogP contribution in [0.4, 0.5) is 5.69 Å². The molecule has 0 spiro atoms. The number of ether oxygens (including phenoxy) is 1. The van der Waals surface area contributed by atoms with Gasteiger partial charge in [0.25, 0.3) is 0 Å². The topological polar surface area (TPSA) is 21.3 Å². The van der Waals surface area contributed by atoms with Crippen LogP contribution in [0.5, 0.6) is 0 Å². The third-order valence-corrected chi connectivity index (χ3v) is 3.93. The summed E-state index contributed by atoms with van der Waals surface area (Å²) in [5, 5.41) is 3.73. The Balaban J connectivity index is 2.03. The van der Waals surface area contributed by atoms with Gasteiger partial charge < -0.3 is 10.1 Å². The van der Waals surface area contributed by atoms with E-state index in [2.05, 4.69) is 36.5 Å². The third kappa shape index (κ3) is 3.49. The molecule has 1 N–H and O–H groups in total. The van der Waals surface area contributed by atoms with Crippen LogP contribution in [-0.4, -0.2) is 12.6 Å². The number of benzene rings is 1. The van der Waals surface area contributed by atoms with Gasteiger partial charge in [-0.15, -0.1) is 0 Å². The molecule has 2 atom stereocenters. The van der Waals surface area contributed by atoms with Gasteiger partial charge in [0, 0.05) is 23.9 Å². The highest BCUT2D eigenvalue weighted by Crippen LogP contribution is 2.28. The minimum atomic E-state index is 0.626. The molecule has 0 aliphatic heterocycles. The van der Waals surface area contributed by atoms with Gasteiger partial charge in [-0.3, -0.25) is 0 Å².